The Hall–Kier alpha value is -1.89. The van der Waals surface area contributed by atoms with Crippen LogP contribution in [0.4, 0.5) is 0 Å². The van der Waals surface area contributed by atoms with Gasteiger partial charge in [-0.1, -0.05) is 19.0 Å². The summed E-state index contributed by atoms with van der Waals surface area (Å²) in [5, 5.41) is 24.8. The Balaban J connectivity index is 2.78. The number of aliphatic hydroxyl groups is 1. The molecule has 0 spiro atoms. The molecule has 0 radical (unpaired) electrons. The lowest BCUT2D eigenvalue weighted by atomic mass is 10.0. The Morgan fingerprint density at radius 3 is 2.55 bits per heavy atom. The van der Waals surface area contributed by atoms with E-state index in [9.17, 15) is 14.7 Å². The van der Waals surface area contributed by atoms with E-state index in [1.165, 1.54) is 6.92 Å². The van der Waals surface area contributed by atoms with Crippen LogP contribution in [0.15, 0.2) is 4.52 Å². The fourth-order valence-electron chi connectivity index (χ4n) is 1.80. The van der Waals surface area contributed by atoms with Crippen LogP contribution >= 0.6 is 0 Å². The molecule has 0 aliphatic carbocycles. The van der Waals surface area contributed by atoms with Crippen LogP contribution in [-0.2, 0) is 4.79 Å². The first-order valence-electron chi connectivity index (χ1n) is 6.32. The van der Waals surface area contributed by atoms with Crippen molar-refractivity contribution in [3.63, 3.8) is 0 Å². The maximum Gasteiger partial charge on any atom is 0.306 e. The minimum absolute atomic E-state index is 0.00326. The van der Waals surface area contributed by atoms with Gasteiger partial charge in [0.1, 0.15) is 5.56 Å². The topological polar surface area (TPSA) is 113 Å². The Morgan fingerprint density at radius 1 is 1.45 bits per heavy atom. The number of carbonyl (C=O) groups excluding carboxylic acids is 1. The Morgan fingerprint density at radius 2 is 2.05 bits per heavy atom. The lowest BCUT2D eigenvalue weighted by Crippen LogP contribution is -2.42. The van der Waals surface area contributed by atoms with E-state index < -0.39 is 23.9 Å². The fraction of sp³-hybridized carbons (Fsp3) is 0.615. The molecule has 1 amide bonds. The summed E-state index contributed by atoms with van der Waals surface area (Å²) >= 11 is 0. The highest BCUT2D eigenvalue weighted by Gasteiger charge is 2.27. The van der Waals surface area contributed by atoms with Crippen LogP contribution in [0.3, 0.4) is 0 Å². The van der Waals surface area contributed by atoms with Crippen LogP contribution in [0.25, 0.3) is 0 Å². The van der Waals surface area contributed by atoms with Gasteiger partial charge in [-0.15, -0.1) is 0 Å². The molecule has 20 heavy (non-hydrogen) atoms. The summed E-state index contributed by atoms with van der Waals surface area (Å²) < 4.78 is 5.11. The maximum atomic E-state index is 12.1. The first kappa shape index (κ1) is 16.2. The number of nitrogens with zero attached hydrogens (tertiary/aromatic N) is 1. The van der Waals surface area contributed by atoms with E-state index in [0.29, 0.717) is 17.0 Å². The molecular weight excluding hydrogens is 264 g/mol. The van der Waals surface area contributed by atoms with Crippen molar-refractivity contribution in [3.8, 4) is 0 Å². The second-order valence-electron chi connectivity index (χ2n) is 5.41. The van der Waals surface area contributed by atoms with Crippen molar-refractivity contribution in [2.45, 2.75) is 45.6 Å². The lowest BCUT2D eigenvalue weighted by Gasteiger charge is -2.21. The van der Waals surface area contributed by atoms with Gasteiger partial charge in [0.2, 0.25) is 0 Å². The van der Waals surface area contributed by atoms with Crippen molar-refractivity contribution in [1.29, 1.82) is 0 Å². The Labute approximate surface area is 117 Å². The number of nitrogens with one attached hydrogen (secondary N) is 1. The monoisotopic (exact) mass is 284 g/mol. The number of hydrogen-bond acceptors (Lipinski definition) is 5. The highest BCUT2D eigenvalue weighted by atomic mass is 16.5. The van der Waals surface area contributed by atoms with Gasteiger partial charge in [-0.05, 0) is 13.8 Å². The average molecular weight is 284 g/mol. The van der Waals surface area contributed by atoms with Gasteiger partial charge in [-0.3, -0.25) is 9.59 Å². The predicted octanol–water partition coefficient (Wildman–Crippen LogP) is 1.06. The third kappa shape index (κ3) is 4.06. The molecule has 1 rings (SSSR count). The van der Waals surface area contributed by atoms with E-state index in [2.05, 4.69) is 10.5 Å². The molecule has 1 heterocycles. The predicted molar refractivity (Wildman–Crippen MR) is 70.5 cm³/mol. The normalized spacial score (nSPS) is 14.1. The number of carbonyl (C=O) groups is 2. The summed E-state index contributed by atoms with van der Waals surface area (Å²) in [4.78, 5) is 22.7. The van der Waals surface area contributed by atoms with Crippen LogP contribution in [0.1, 0.15) is 54.9 Å². The molecule has 0 bridgehead atoms. The van der Waals surface area contributed by atoms with Crippen molar-refractivity contribution in [2.24, 2.45) is 0 Å². The zero-order chi connectivity index (χ0) is 15.5. The molecule has 0 saturated heterocycles. The highest BCUT2D eigenvalue weighted by Crippen LogP contribution is 2.22. The average Bonchev–Trinajstić information content (AvgIpc) is 2.66. The Bertz CT molecular complexity index is 505. The van der Waals surface area contributed by atoms with Gasteiger partial charge in [0, 0.05) is 12.5 Å². The van der Waals surface area contributed by atoms with Crippen LogP contribution < -0.4 is 5.32 Å². The summed E-state index contributed by atoms with van der Waals surface area (Å²) in [6, 6.07) is 0. The van der Waals surface area contributed by atoms with Crippen LogP contribution in [0.2, 0.25) is 0 Å². The van der Waals surface area contributed by atoms with Gasteiger partial charge in [-0.2, -0.15) is 0 Å². The molecule has 1 atom stereocenters. The number of carboxylic acid groups (broad SMARTS) is 1. The number of aryl methyl sites for hydroxylation is 1. The molecule has 1 aromatic rings. The maximum absolute atomic E-state index is 12.1. The molecule has 0 aliphatic heterocycles. The number of aliphatic carboxylic acids is 1. The van der Waals surface area contributed by atoms with E-state index in [1.54, 1.807) is 6.92 Å². The first-order chi connectivity index (χ1) is 9.14. The third-order valence-electron chi connectivity index (χ3n) is 2.80. The number of rotatable bonds is 6. The van der Waals surface area contributed by atoms with Crippen molar-refractivity contribution in [1.82, 2.24) is 10.5 Å². The second-order valence-corrected chi connectivity index (χ2v) is 5.41. The van der Waals surface area contributed by atoms with Crippen LogP contribution in [-0.4, -0.2) is 39.4 Å². The van der Waals surface area contributed by atoms with Gasteiger partial charge >= 0.3 is 5.97 Å². The minimum Gasteiger partial charge on any atom is -0.481 e. The van der Waals surface area contributed by atoms with Crippen LogP contribution in [0, 0.1) is 6.92 Å². The van der Waals surface area contributed by atoms with Gasteiger partial charge in [0.25, 0.3) is 5.91 Å². The van der Waals surface area contributed by atoms with E-state index in [4.69, 9.17) is 9.63 Å². The zero-order valence-corrected chi connectivity index (χ0v) is 12.1. The number of carboxylic acids is 1. The molecule has 1 unspecified atom stereocenters. The first-order valence-corrected chi connectivity index (χ1v) is 6.32. The van der Waals surface area contributed by atoms with Gasteiger partial charge in [-0.25, -0.2) is 0 Å². The van der Waals surface area contributed by atoms with Crippen molar-refractivity contribution < 1.29 is 24.3 Å². The summed E-state index contributed by atoms with van der Waals surface area (Å²) in [6.07, 6.45) is -0.451. The molecule has 1 aromatic heterocycles. The van der Waals surface area contributed by atoms with E-state index in [-0.39, 0.29) is 12.5 Å². The van der Waals surface area contributed by atoms with Gasteiger partial charge in [0.15, 0.2) is 5.76 Å². The third-order valence-corrected chi connectivity index (χ3v) is 2.80. The van der Waals surface area contributed by atoms with Crippen LogP contribution in [0.5, 0.6) is 0 Å². The molecule has 3 N–H and O–H groups in total. The van der Waals surface area contributed by atoms with Crippen molar-refractivity contribution in [3.05, 3.63) is 17.0 Å². The lowest BCUT2D eigenvalue weighted by molar-refractivity contribution is -0.141. The summed E-state index contributed by atoms with van der Waals surface area (Å²) in [6.45, 7) is 6.58. The number of amides is 1. The highest BCUT2D eigenvalue weighted by molar-refractivity contribution is 5.96. The molecule has 7 nitrogen and oxygen atoms in total. The standard InChI is InChI=1S/C13H20N2O5/c1-7(2)11-10(8(3)15-20-11)12(18)14-6-13(4,19)5-9(16)17/h7,19H,5-6H2,1-4H3,(H,14,18)(H,16,17). The molecule has 0 aromatic carbocycles. The smallest absolute Gasteiger partial charge is 0.306 e. The van der Waals surface area contributed by atoms with Gasteiger partial charge < -0.3 is 20.1 Å². The zero-order valence-electron chi connectivity index (χ0n) is 12.1. The minimum atomic E-state index is -1.51. The second kappa shape index (κ2) is 6.04. The summed E-state index contributed by atoms with van der Waals surface area (Å²) in [7, 11) is 0. The molecule has 0 fully saturated rings. The van der Waals surface area contributed by atoms with Gasteiger partial charge in [0.05, 0.1) is 17.7 Å². The van der Waals surface area contributed by atoms with Crippen molar-refractivity contribution >= 4 is 11.9 Å². The van der Waals surface area contributed by atoms with E-state index in [0.717, 1.165) is 0 Å². The van der Waals surface area contributed by atoms with Crippen molar-refractivity contribution in [2.75, 3.05) is 6.54 Å². The molecule has 112 valence electrons. The largest absolute Gasteiger partial charge is 0.481 e. The Kier molecular flexibility index (Phi) is 4.88. The number of aromatic nitrogens is 1. The molecule has 7 heteroatoms. The summed E-state index contributed by atoms with van der Waals surface area (Å²) in [5.74, 6) is -1.10. The number of hydrogen-bond donors (Lipinski definition) is 3. The fourth-order valence-corrected chi connectivity index (χ4v) is 1.80. The molecule has 0 saturated carbocycles. The SMILES string of the molecule is Cc1noc(C(C)C)c1C(=O)NCC(C)(O)CC(=O)O. The molecule has 0 aliphatic rings. The van der Waals surface area contributed by atoms with E-state index >= 15 is 0 Å². The van der Waals surface area contributed by atoms with E-state index in [1.807, 2.05) is 13.8 Å². The quantitative estimate of drug-likeness (QED) is 0.720. The molecular formula is C13H20N2O5. The summed E-state index contributed by atoms with van der Waals surface area (Å²) in [5.41, 5.74) is -0.708.